The van der Waals surface area contributed by atoms with E-state index in [9.17, 15) is 13.2 Å². The zero-order chi connectivity index (χ0) is 9.19. The molecule has 12 heavy (non-hydrogen) atoms. The van der Waals surface area contributed by atoms with Crippen molar-refractivity contribution in [3.63, 3.8) is 0 Å². The summed E-state index contributed by atoms with van der Waals surface area (Å²) in [5.41, 5.74) is 0. The molecular formula is C7H7F3N2. The Bertz CT molecular complexity index is 240. The average Bonchev–Trinajstić information content (AvgIpc) is 2.11. The van der Waals surface area contributed by atoms with Crippen LogP contribution in [0.2, 0.25) is 0 Å². The van der Waals surface area contributed by atoms with Gasteiger partial charge in [0.1, 0.15) is 5.84 Å². The van der Waals surface area contributed by atoms with Crippen LogP contribution in [0.5, 0.6) is 0 Å². The summed E-state index contributed by atoms with van der Waals surface area (Å²) in [5, 5.41) is 7.02. The Kier molecular flexibility index (Phi) is 2.21. The van der Waals surface area contributed by atoms with Crippen molar-refractivity contribution < 1.29 is 13.2 Å². The lowest BCUT2D eigenvalue weighted by molar-refractivity contribution is -0.214. The summed E-state index contributed by atoms with van der Waals surface area (Å²) >= 11 is 0. The Balaban J connectivity index is 2.83. The van der Waals surface area contributed by atoms with E-state index < -0.39 is 12.1 Å². The van der Waals surface area contributed by atoms with Crippen LogP contribution in [0.15, 0.2) is 24.3 Å². The van der Waals surface area contributed by atoms with Crippen molar-refractivity contribution in [2.45, 2.75) is 6.30 Å². The van der Waals surface area contributed by atoms with Gasteiger partial charge in [-0.3, -0.25) is 10.3 Å². The van der Waals surface area contributed by atoms with Gasteiger partial charge in [-0.1, -0.05) is 18.2 Å². The first-order valence-electron chi connectivity index (χ1n) is 3.28. The van der Waals surface area contributed by atoms with Crippen molar-refractivity contribution in [2.75, 3.05) is 6.54 Å². The van der Waals surface area contributed by atoms with E-state index in [2.05, 4.69) is 0 Å². The fraction of sp³-hybridized carbons (Fsp3) is 0.286. The van der Waals surface area contributed by atoms with Crippen molar-refractivity contribution in [1.82, 2.24) is 4.90 Å². The second-order valence-corrected chi connectivity index (χ2v) is 2.25. The number of allylic oxidation sites excluding steroid dienone is 2. The van der Waals surface area contributed by atoms with E-state index in [0.717, 1.165) is 6.08 Å². The maximum Gasteiger partial charge on any atom is 0.486 e. The zero-order valence-corrected chi connectivity index (χ0v) is 6.10. The number of hydrogen-bond donors (Lipinski definition) is 1. The molecule has 0 atom stereocenters. The van der Waals surface area contributed by atoms with Crippen molar-refractivity contribution in [1.29, 1.82) is 5.41 Å². The number of amidine groups is 1. The van der Waals surface area contributed by atoms with Crippen molar-refractivity contribution >= 4 is 5.84 Å². The Morgan fingerprint density at radius 3 is 2.58 bits per heavy atom. The molecule has 0 spiro atoms. The molecule has 0 aromatic heterocycles. The largest absolute Gasteiger partial charge is 0.486 e. The van der Waals surface area contributed by atoms with E-state index >= 15 is 0 Å². The predicted molar refractivity (Wildman–Crippen MR) is 38.8 cm³/mol. The third kappa shape index (κ3) is 1.87. The number of halogens is 3. The summed E-state index contributed by atoms with van der Waals surface area (Å²) in [5.74, 6) is -0.535. The molecule has 0 aliphatic carbocycles. The second-order valence-electron chi connectivity index (χ2n) is 2.25. The van der Waals surface area contributed by atoms with Gasteiger partial charge in [-0.2, -0.15) is 13.2 Å². The molecule has 1 heterocycles. The van der Waals surface area contributed by atoms with Crippen LogP contribution in [0.25, 0.3) is 0 Å². The first kappa shape index (κ1) is 8.83. The highest BCUT2D eigenvalue weighted by Crippen LogP contribution is 2.22. The number of rotatable bonds is 0. The first-order valence-corrected chi connectivity index (χ1v) is 3.28. The Morgan fingerprint density at radius 1 is 1.33 bits per heavy atom. The molecule has 1 N–H and O–H groups in total. The average molecular weight is 176 g/mol. The SMILES string of the molecule is N=C1C=CC=CCN1C(F)(F)F. The van der Waals surface area contributed by atoms with Crippen LogP contribution in [0, 0.1) is 5.41 Å². The van der Waals surface area contributed by atoms with Gasteiger partial charge in [0, 0.05) is 6.54 Å². The van der Waals surface area contributed by atoms with Crippen LogP contribution in [0.1, 0.15) is 0 Å². The molecule has 66 valence electrons. The molecule has 0 aromatic carbocycles. The van der Waals surface area contributed by atoms with Crippen LogP contribution in [-0.4, -0.2) is 23.6 Å². The van der Waals surface area contributed by atoms with Gasteiger partial charge in [-0.05, 0) is 6.08 Å². The molecule has 0 unspecified atom stereocenters. The Hall–Kier alpha value is -1.26. The number of nitrogens with one attached hydrogen (secondary N) is 1. The van der Waals surface area contributed by atoms with Gasteiger partial charge in [0.2, 0.25) is 0 Å². The summed E-state index contributed by atoms with van der Waals surface area (Å²) in [6.45, 7) is -0.296. The molecule has 0 fully saturated rings. The van der Waals surface area contributed by atoms with E-state index in [1.54, 1.807) is 0 Å². The summed E-state index contributed by atoms with van der Waals surface area (Å²) in [7, 11) is 0. The number of alkyl halides is 3. The fourth-order valence-corrected chi connectivity index (χ4v) is 0.820. The van der Waals surface area contributed by atoms with E-state index in [1.807, 2.05) is 0 Å². The number of hydrogen-bond acceptors (Lipinski definition) is 1. The molecule has 0 bridgehead atoms. The van der Waals surface area contributed by atoms with E-state index in [4.69, 9.17) is 5.41 Å². The molecule has 0 radical (unpaired) electrons. The highest BCUT2D eigenvalue weighted by atomic mass is 19.4. The smallest absolute Gasteiger partial charge is 0.284 e. The van der Waals surface area contributed by atoms with Crippen molar-refractivity contribution in [3.05, 3.63) is 24.3 Å². The lowest BCUT2D eigenvalue weighted by Gasteiger charge is -2.23. The molecule has 0 saturated carbocycles. The minimum absolute atomic E-state index is 0.0625. The van der Waals surface area contributed by atoms with Crippen LogP contribution in [0.3, 0.4) is 0 Å². The fourth-order valence-electron chi connectivity index (χ4n) is 0.820. The minimum atomic E-state index is -4.46. The second kappa shape index (κ2) is 3.00. The molecule has 2 nitrogen and oxygen atoms in total. The van der Waals surface area contributed by atoms with Gasteiger partial charge in [-0.15, -0.1) is 0 Å². The molecule has 1 aliphatic heterocycles. The summed E-state index contributed by atoms with van der Waals surface area (Å²) in [6, 6.07) is 0. The topological polar surface area (TPSA) is 27.1 Å². The molecule has 0 aromatic rings. The summed E-state index contributed by atoms with van der Waals surface area (Å²) in [6.07, 6.45) is 0.896. The standard InChI is InChI=1S/C7H7F3N2/c8-7(9,10)12-5-3-1-2-4-6(12)11/h1-4,11H,5H2. The summed E-state index contributed by atoms with van der Waals surface area (Å²) < 4.78 is 36.3. The lowest BCUT2D eigenvalue weighted by atomic mass is 10.4. The van der Waals surface area contributed by atoms with Gasteiger partial charge >= 0.3 is 6.30 Å². The van der Waals surface area contributed by atoms with Crippen molar-refractivity contribution in [2.24, 2.45) is 0 Å². The molecule has 1 aliphatic rings. The van der Waals surface area contributed by atoms with Gasteiger partial charge in [0.15, 0.2) is 0 Å². The van der Waals surface area contributed by atoms with Gasteiger partial charge in [0.25, 0.3) is 0 Å². The first-order chi connectivity index (χ1) is 5.52. The van der Waals surface area contributed by atoms with Gasteiger partial charge in [0.05, 0.1) is 0 Å². The highest BCUT2D eigenvalue weighted by molar-refractivity contribution is 5.91. The molecule has 1 rings (SSSR count). The monoisotopic (exact) mass is 176 g/mol. The van der Waals surface area contributed by atoms with E-state index in [-0.39, 0.29) is 11.4 Å². The molecule has 0 amide bonds. The van der Waals surface area contributed by atoms with Crippen molar-refractivity contribution in [3.8, 4) is 0 Å². The highest BCUT2D eigenvalue weighted by Gasteiger charge is 2.37. The van der Waals surface area contributed by atoms with Gasteiger partial charge < -0.3 is 0 Å². The third-order valence-electron chi connectivity index (χ3n) is 1.39. The molecule has 0 saturated heterocycles. The third-order valence-corrected chi connectivity index (χ3v) is 1.39. The molecular weight excluding hydrogens is 169 g/mol. The Labute approximate surface area is 67.5 Å². The van der Waals surface area contributed by atoms with Crippen LogP contribution in [0.4, 0.5) is 13.2 Å². The van der Waals surface area contributed by atoms with E-state index in [1.165, 1.54) is 18.2 Å². The maximum absolute atomic E-state index is 12.1. The quantitative estimate of drug-likeness (QED) is 0.561. The summed E-state index contributed by atoms with van der Waals surface area (Å²) in [4.78, 5) is 0.0625. The normalized spacial score (nSPS) is 18.2. The lowest BCUT2D eigenvalue weighted by Crippen LogP contribution is -2.41. The van der Waals surface area contributed by atoms with E-state index in [0.29, 0.717) is 0 Å². The predicted octanol–water partition coefficient (Wildman–Crippen LogP) is 1.91. The molecule has 5 heteroatoms. The van der Waals surface area contributed by atoms with Gasteiger partial charge in [-0.25, -0.2) is 0 Å². The van der Waals surface area contributed by atoms with Crippen LogP contribution in [-0.2, 0) is 0 Å². The number of nitrogens with zero attached hydrogens (tertiary/aromatic N) is 1. The zero-order valence-electron chi connectivity index (χ0n) is 6.10. The van der Waals surface area contributed by atoms with Crippen LogP contribution < -0.4 is 0 Å². The van der Waals surface area contributed by atoms with Crippen LogP contribution >= 0.6 is 0 Å². The maximum atomic E-state index is 12.1. The Morgan fingerprint density at radius 2 is 2.00 bits per heavy atom. The minimum Gasteiger partial charge on any atom is -0.284 e.